The summed E-state index contributed by atoms with van der Waals surface area (Å²) >= 11 is 0. The highest BCUT2D eigenvalue weighted by atomic mass is 16.5. The van der Waals surface area contributed by atoms with Crippen molar-refractivity contribution in [3.05, 3.63) is 48.2 Å². The van der Waals surface area contributed by atoms with Crippen molar-refractivity contribution in [3.63, 3.8) is 0 Å². The third kappa shape index (κ3) is 2.95. The summed E-state index contributed by atoms with van der Waals surface area (Å²) in [7, 11) is 0. The number of hydrogen-bond donors (Lipinski definition) is 0. The topological polar surface area (TPSA) is 62.7 Å². The van der Waals surface area contributed by atoms with Crippen LogP contribution in [-0.4, -0.2) is 41.3 Å². The van der Waals surface area contributed by atoms with Gasteiger partial charge in [0, 0.05) is 19.3 Å². The van der Waals surface area contributed by atoms with E-state index in [2.05, 4.69) is 4.98 Å². The van der Waals surface area contributed by atoms with E-state index in [1.165, 1.54) is 4.90 Å². The van der Waals surface area contributed by atoms with Gasteiger partial charge in [-0.15, -0.1) is 0 Å². The Bertz CT molecular complexity index is 815. The van der Waals surface area contributed by atoms with Crippen LogP contribution in [0.5, 0.6) is 11.6 Å². The van der Waals surface area contributed by atoms with Gasteiger partial charge < -0.3 is 9.64 Å². The van der Waals surface area contributed by atoms with Gasteiger partial charge in [-0.25, -0.2) is 4.98 Å². The maximum absolute atomic E-state index is 13.1. The molecule has 0 radical (unpaired) electrons. The molecule has 3 heterocycles. The number of piperidine rings is 1. The van der Waals surface area contributed by atoms with Crippen LogP contribution in [0, 0.1) is 0 Å². The molecule has 4 rings (SSSR count). The summed E-state index contributed by atoms with van der Waals surface area (Å²) in [6, 6.07) is 10.5. The summed E-state index contributed by atoms with van der Waals surface area (Å²) in [6.45, 7) is 1.51. The van der Waals surface area contributed by atoms with E-state index < -0.39 is 0 Å². The lowest BCUT2D eigenvalue weighted by Crippen LogP contribution is -2.44. The number of anilines is 1. The van der Waals surface area contributed by atoms with E-state index in [0.717, 1.165) is 32.4 Å². The molecule has 2 aromatic rings. The number of pyridine rings is 1. The average Bonchev–Trinajstić information content (AvgIpc) is 2.78. The van der Waals surface area contributed by atoms with E-state index in [1.807, 2.05) is 11.0 Å². The summed E-state index contributed by atoms with van der Waals surface area (Å²) in [6.07, 6.45) is 4.80. The van der Waals surface area contributed by atoms with Gasteiger partial charge in [-0.2, -0.15) is 0 Å². The molecule has 1 saturated heterocycles. The molecule has 0 spiro atoms. The van der Waals surface area contributed by atoms with Crippen LogP contribution in [0.15, 0.2) is 42.6 Å². The number of hydrogen-bond acceptors (Lipinski definition) is 4. The number of carbonyl (C=O) groups excluding carboxylic acids is 2. The van der Waals surface area contributed by atoms with Crippen LogP contribution in [0.2, 0.25) is 0 Å². The Labute approximate surface area is 146 Å². The van der Waals surface area contributed by atoms with Crippen LogP contribution in [0.25, 0.3) is 0 Å². The molecule has 128 valence electrons. The molecule has 6 heteroatoms. The summed E-state index contributed by atoms with van der Waals surface area (Å²) in [5, 5.41) is 0. The highest BCUT2D eigenvalue weighted by molar-refractivity contribution is 6.11. The number of nitrogens with zero attached hydrogens (tertiary/aromatic N) is 3. The first kappa shape index (κ1) is 15.6. The van der Waals surface area contributed by atoms with Gasteiger partial charge in [0.05, 0.1) is 5.56 Å². The Hall–Kier alpha value is -2.89. The van der Waals surface area contributed by atoms with Crippen LogP contribution in [0.4, 0.5) is 5.69 Å². The minimum Gasteiger partial charge on any atom is -0.436 e. The molecular formula is C19H19N3O3. The quantitative estimate of drug-likeness (QED) is 0.845. The fourth-order valence-corrected chi connectivity index (χ4v) is 3.29. The lowest BCUT2D eigenvalue weighted by Gasteiger charge is -2.29. The summed E-state index contributed by atoms with van der Waals surface area (Å²) in [4.78, 5) is 33.3. The second-order valence-electron chi connectivity index (χ2n) is 6.26. The first-order chi connectivity index (χ1) is 12.2. The van der Waals surface area contributed by atoms with E-state index >= 15 is 0 Å². The maximum Gasteiger partial charge on any atom is 0.262 e. The van der Waals surface area contributed by atoms with Crippen LogP contribution < -0.4 is 9.64 Å². The van der Waals surface area contributed by atoms with E-state index in [-0.39, 0.29) is 18.4 Å². The zero-order chi connectivity index (χ0) is 17.2. The predicted molar refractivity (Wildman–Crippen MR) is 92.9 cm³/mol. The molecule has 0 atom stereocenters. The molecule has 25 heavy (non-hydrogen) atoms. The van der Waals surface area contributed by atoms with Crippen LogP contribution in [-0.2, 0) is 4.79 Å². The molecule has 1 aromatic carbocycles. The zero-order valence-corrected chi connectivity index (χ0v) is 13.9. The number of aromatic nitrogens is 1. The van der Waals surface area contributed by atoms with Gasteiger partial charge in [0.25, 0.3) is 5.91 Å². The highest BCUT2D eigenvalue weighted by Gasteiger charge is 2.31. The fourth-order valence-electron chi connectivity index (χ4n) is 3.29. The molecule has 6 nitrogen and oxygen atoms in total. The molecule has 2 aliphatic heterocycles. The van der Waals surface area contributed by atoms with Crippen molar-refractivity contribution in [2.45, 2.75) is 19.3 Å². The van der Waals surface area contributed by atoms with Crippen LogP contribution in [0.3, 0.4) is 0 Å². The molecule has 0 bridgehead atoms. The van der Waals surface area contributed by atoms with Crippen LogP contribution in [0.1, 0.15) is 29.6 Å². The molecule has 0 N–H and O–H groups in total. The summed E-state index contributed by atoms with van der Waals surface area (Å²) in [5.41, 5.74) is 0.959. The highest BCUT2D eigenvalue weighted by Crippen LogP contribution is 2.36. The van der Waals surface area contributed by atoms with Crippen LogP contribution >= 0.6 is 0 Å². The molecule has 1 aromatic heterocycles. The standard InChI is InChI=1S/C19H19N3O3/c23-17(21-11-4-1-5-12-21)13-22-15-8-6-10-20-18(15)25-16-9-3-2-7-14(16)19(22)24/h2-3,6-10H,1,4-5,11-13H2. The number of fused-ring (bicyclic) bond motifs is 2. The van der Waals surface area contributed by atoms with Gasteiger partial charge in [-0.1, -0.05) is 12.1 Å². The number of ether oxygens (including phenoxy) is 1. The third-order valence-corrected chi connectivity index (χ3v) is 4.61. The molecule has 0 saturated carbocycles. The van der Waals surface area contributed by atoms with Crippen molar-refractivity contribution in [1.29, 1.82) is 0 Å². The zero-order valence-electron chi connectivity index (χ0n) is 13.9. The number of amides is 2. The summed E-state index contributed by atoms with van der Waals surface area (Å²) < 4.78 is 5.83. The average molecular weight is 337 g/mol. The van der Waals surface area contributed by atoms with E-state index in [4.69, 9.17) is 4.74 Å². The van der Waals surface area contributed by atoms with Crippen molar-refractivity contribution in [2.75, 3.05) is 24.5 Å². The molecule has 2 amide bonds. The number of benzene rings is 1. The lowest BCUT2D eigenvalue weighted by atomic mass is 10.1. The monoisotopic (exact) mass is 337 g/mol. The smallest absolute Gasteiger partial charge is 0.262 e. The minimum atomic E-state index is -0.243. The van der Waals surface area contributed by atoms with Crippen molar-refractivity contribution in [1.82, 2.24) is 9.88 Å². The van der Waals surface area contributed by atoms with Gasteiger partial charge in [0.1, 0.15) is 18.0 Å². The molecule has 0 unspecified atom stereocenters. The van der Waals surface area contributed by atoms with Crippen molar-refractivity contribution >= 4 is 17.5 Å². The largest absolute Gasteiger partial charge is 0.436 e. The fraction of sp³-hybridized carbons (Fsp3) is 0.316. The minimum absolute atomic E-state index is 0.00474. The number of rotatable bonds is 2. The number of carbonyl (C=O) groups is 2. The molecular weight excluding hydrogens is 318 g/mol. The van der Waals surface area contributed by atoms with Gasteiger partial charge in [-0.05, 0) is 43.5 Å². The number of likely N-dealkylation sites (tertiary alicyclic amines) is 1. The maximum atomic E-state index is 13.1. The third-order valence-electron chi connectivity index (χ3n) is 4.61. The summed E-state index contributed by atoms with van der Waals surface area (Å²) in [5.74, 6) is 0.516. The van der Waals surface area contributed by atoms with Gasteiger partial charge >= 0.3 is 0 Å². The number of para-hydroxylation sites is 1. The van der Waals surface area contributed by atoms with E-state index in [1.54, 1.807) is 36.5 Å². The first-order valence-electron chi connectivity index (χ1n) is 8.55. The normalized spacial score (nSPS) is 16.6. The SMILES string of the molecule is O=C(CN1C(=O)c2ccccc2Oc2ncccc21)N1CCCCC1. The second-order valence-corrected chi connectivity index (χ2v) is 6.26. The first-order valence-corrected chi connectivity index (χ1v) is 8.55. The predicted octanol–water partition coefficient (Wildman–Crippen LogP) is 2.85. The Morgan fingerprint density at radius 3 is 2.72 bits per heavy atom. The van der Waals surface area contributed by atoms with Crippen molar-refractivity contribution < 1.29 is 14.3 Å². The Kier molecular flexibility index (Phi) is 4.09. The molecule has 2 aliphatic rings. The molecule has 1 fully saturated rings. The Morgan fingerprint density at radius 1 is 1.08 bits per heavy atom. The second kappa shape index (κ2) is 6.55. The van der Waals surface area contributed by atoms with Gasteiger partial charge in [0.15, 0.2) is 0 Å². The van der Waals surface area contributed by atoms with Gasteiger partial charge in [-0.3, -0.25) is 14.5 Å². The lowest BCUT2D eigenvalue weighted by molar-refractivity contribution is -0.130. The Balaban J connectivity index is 1.69. The molecule has 0 aliphatic carbocycles. The van der Waals surface area contributed by atoms with E-state index in [9.17, 15) is 9.59 Å². The van der Waals surface area contributed by atoms with Crippen molar-refractivity contribution in [3.8, 4) is 11.6 Å². The van der Waals surface area contributed by atoms with E-state index in [0.29, 0.717) is 22.9 Å². The van der Waals surface area contributed by atoms with Crippen molar-refractivity contribution in [2.24, 2.45) is 0 Å². The Morgan fingerprint density at radius 2 is 1.88 bits per heavy atom. The van der Waals surface area contributed by atoms with Gasteiger partial charge in [0.2, 0.25) is 11.8 Å².